The van der Waals surface area contributed by atoms with Gasteiger partial charge in [0.2, 0.25) is 0 Å². The van der Waals surface area contributed by atoms with E-state index in [1.807, 2.05) is 6.08 Å². The van der Waals surface area contributed by atoms with Gasteiger partial charge in [-0.3, -0.25) is 0 Å². The number of benzene rings is 1. The Morgan fingerprint density at radius 2 is 2.23 bits per heavy atom. The van der Waals surface area contributed by atoms with Gasteiger partial charge in [-0.15, -0.1) is 0 Å². The van der Waals surface area contributed by atoms with Crippen LogP contribution in [0.4, 0.5) is 10.1 Å². The molecule has 0 saturated heterocycles. The summed E-state index contributed by atoms with van der Waals surface area (Å²) < 4.78 is 13.2. The second-order valence-corrected chi connectivity index (χ2v) is 3.42. The fourth-order valence-corrected chi connectivity index (χ4v) is 1.23. The largest absolute Gasteiger partial charge is 0.396 e. The van der Waals surface area contributed by atoms with Crippen LogP contribution in [0.3, 0.4) is 0 Å². The van der Waals surface area contributed by atoms with Crippen LogP contribution in [-0.4, -0.2) is 5.33 Å². The van der Waals surface area contributed by atoms with Crippen molar-refractivity contribution in [2.24, 2.45) is 0 Å². The highest BCUT2D eigenvalue weighted by atomic mass is 79.9. The van der Waals surface area contributed by atoms with Gasteiger partial charge in [0.15, 0.2) is 5.82 Å². The number of halogens is 2. The molecule has 1 nitrogen and oxygen atoms in total. The second-order valence-electron chi connectivity index (χ2n) is 2.63. The van der Waals surface area contributed by atoms with E-state index < -0.39 is 0 Å². The van der Waals surface area contributed by atoms with Crippen LogP contribution in [0.1, 0.15) is 12.0 Å². The fourth-order valence-electron chi connectivity index (χ4n) is 0.970. The molecule has 3 heteroatoms. The van der Waals surface area contributed by atoms with Crippen LogP contribution >= 0.6 is 15.9 Å². The van der Waals surface area contributed by atoms with E-state index in [1.165, 1.54) is 0 Å². The Kier molecular flexibility index (Phi) is 3.96. The molecule has 13 heavy (non-hydrogen) atoms. The Hall–Kier alpha value is -0.830. The van der Waals surface area contributed by atoms with Crippen molar-refractivity contribution in [2.45, 2.75) is 6.42 Å². The molecular weight excluding hydrogens is 233 g/mol. The number of nitrogen functional groups attached to an aromatic ring is 1. The van der Waals surface area contributed by atoms with E-state index in [9.17, 15) is 4.39 Å². The molecule has 0 bridgehead atoms. The van der Waals surface area contributed by atoms with Gasteiger partial charge < -0.3 is 5.73 Å². The normalized spacial score (nSPS) is 10.9. The van der Waals surface area contributed by atoms with Crippen LogP contribution in [0.5, 0.6) is 0 Å². The van der Waals surface area contributed by atoms with Gasteiger partial charge in [-0.2, -0.15) is 0 Å². The Morgan fingerprint density at radius 1 is 1.46 bits per heavy atom. The third-order valence-corrected chi connectivity index (χ3v) is 2.09. The molecule has 0 unspecified atom stereocenters. The number of rotatable bonds is 3. The van der Waals surface area contributed by atoms with Crippen molar-refractivity contribution in [3.05, 3.63) is 35.7 Å². The maximum absolute atomic E-state index is 13.2. The summed E-state index contributed by atoms with van der Waals surface area (Å²) in [5.41, 5.74) is 6.14. The van der Waals surface area contributed by atoms with Crippen LogP contribution in [0.15, 0.2) is 24.3 Å². The third-order valence-electron chi connectivity index (χ3n) is 1.63. The van der Waals surface area contributed by atoms with E-state index in [-0.39, 0.29) is 11.5 Å². The molecule has 0 amide bonds. The van der Waals surface area contributed by atoms with Crippen molar-refractivity contribution in [3.63, 3.8) is 0 Å². The van der Waals surface area contributed by atoms with Gasteiger partial charge in [0, 0.05) is 10.9 Å². The van der Waals surface area contributed by atoms with Crippen LogP contribution in [0.2, 0.25) is 0 Å². The summed E-state index contributed by atoms with van der Waals surface area (Å²) in [5.74, 6) is -0.340. The molecule has 1 rings (SSSR count). The molecule has 0 aliphatic rings. The van der Waals surface area contributed by atoms with Crippen molar-refractivity contribution >= 4 is 27.7 Å². The number of alkyl halides is 1. The third kappa shape index (κ3) is 2.84. The molecule has 1 aromatic carbocycles. The minimum absolute atomic E-state index is 0.195. The Morgan fingerprint density at radius 3 is 2.92 bits per heavy atom. The standard InChI is InChI=1S/C10H11BrFN/c11-7-2-1-4-8-5-3-6-9(13)10(8)12/h1,3-6H,2,7,13H2. The highest BCUT2D eigenvalue weighted by Crippen LogP contribution is 2.15. The Labute approximate surface area is 85.6 Å². The highest BCUT2D eigenvalue weighted by Gasteiger charge is 2.00. The van der Waals surface area contributed by atoms with Crippen molar-refractivity contribution in [2.75, 3.05) is 11.1 Å². The number of hydrogen-bond acceptors (Lipinski definition) is 1. The molecule has 2 N–H and O–H groups in total. The van der Waals surface area contributed by atoms with E-state index >= 15 is 0 Å². The number of nitrogens with two attached hydrogens (primary N) is 1. The van der Waals surface area contributed by atoms with Gasteiger partial charge in [-0.1, -0.05) is 40.2 Å². The van der Waals surface area contributed by atoms with E-state index in [1.54, 1.807) is 24.3 Å². The van der Waals surface area contributed by atoms with Gasteiger partial charge in [0.05, 0.1) is 5.69 Å². The Balaban J connectivity index is 2.83. The van der Waals surface area contributed by atoms with Crippen molar-refractivity contribution in [3.8, 4) is 0 Å². The van der Waals surface area contributed by atoms with Gasteiger partial charge in [0.25, 0.3) is 0 Å². The van der Waals surface area contributed by atoms with Gasteiger partial charge in [-0.25, -0.2) is 4.39 Å². The average molecular weight is 244 g/mol. The minimum Gasteiger partial charge on any atom is -0.396 e. The molecule has 0 saturated carbocycles. The molecule has 0 fully saturated rings. The maximum Gasteiger partial charge on any atom is 0.153 e. The molecule has 0 aromatic heterocycles. The van der Waals surface area contributed by atoms with Crippen LogP contribution in [0.25, 0.3) is 6.08 Å². The molecule has 0 aliphatic heterocycles. The summed E-state index contributed by atoms with van der Waals surface area (Å²) in [6, 6.07) is 5.00. The zero-order valence-electron chi connectivity index (χ0n) is 7.13. The summed E-state index contributed by atoms with van der Waals surface area (Å²) in [4.78, 5) is 0. The lowest BCUT2D eigenvalue weighted by Gasteiger charge is -1.99. The first-order chi connectivity index (χ1) is 6.25. The molecule has 70 valence electrons. The van der Waals surface area contributed by atoms with Gasteiger partial charge >= 0.3 is 0 Å². The predicted molar refractivity (Wildman–Crippen MR) is 58.3 cm³/mol. The lowest BCUT2D eigenvalue weighted by Crippen LogP contribution is -1.92. The summed E-state index contributed by atoms with van der Waals surface area (Å²) in [7, 11) is 0. The molecular formula is C10H11BrFN. The average Bonchev–Trinajstić information content (AvgIpc) is 2.13. The zero-order chi connectivity index (χ0) is 9.68. The number of hydrogen-bond donors (Lipinski definition) is 1. The van der Waals surface area contributed by atoms with E-state index in [0.29, 0.717) is 5.56 Å². The first-order valence-corrected chi connectivity index (χ1v) is 5.14. The second kappa shape index (κ2) is 5.02. The lowest BCUT2D eigenvalue weighted by molar-refractivity contribution is 0.630. The van der Waals surface area contributed by atoms with Crippen molar-refractivity contribution in [1.82, 2.24) is 0 Å². The first-order valence-electron chi connectivity index (χ1n) is 4.02. The molecule has 0 radical (unpaired) electrons. The molecule has 0 spiro atoms. The summed E-state index contributed by atoms with van der Waals surface area (Å²) in [6.45, 7) is 0. The smallest absolute Gasteiger partial charge is 0.153 e. The van der Waals surface area contributed by atoms with E-state index in [4.69, 9.17) is 5.73 Å². The van der Waals surface area contributed by atoms with E-state index in [0.717, 1.165) is 11.8 Å². The Bertz CT molecular complexity index is 310. The van der Waals surface area contributed by atoms with Gasteiger partial charge in [0.1, 0.15) is 0 Å². The van der Waals surface area contributed by atoms with Gasteiger partial charge in [-0.05, 0) is 12.5 Å². The molecule has 0 atom stereocenters. The summed E-state index contributed by atoms with van der Waals surface area (Å²) in [6.07, 6.45) is 4.54. The SMILES string of the molecule is Nc1cccc(C=CCCBr)c1F. The monoisotopic (exact) mass is 243 g/mol. The van der Waals surface area contributed by atoms with Crippen LogP contribution in [-0.2, 0) is 0 Å². The highest BCUT2D eigenvalue weighted by molar-refractivity contribution is 9.09. The first kappa shape index (κ1) is 10.3. The van der Waals surface area contributed by atoms with Crippen LogP contribution < -0.4 is 5.73 Å². The zero-order valence-corrected chi connectivity index (χ0v) is 8.72. The van der Waals surface area contributed by atoms with Crippen LogP contribution in [0, 0.1) is 5.82 Å². The quantitative estimate of drug-likeness (QED) is 0.641. The molecule has 0 heterocycles. The number of allylic oxidation sites excluding steroid dienone is 1. The summed E-state index contributed by atoms with van der Waals surface area (Å²) in [5, 5.41) is 0.882. The van der Waals surface area contributed by atoms with Crippen molar-refractivity contribution in [1.29, 1.82) is 0 Å². The minimum atomic E-state index is -0.340. The number of anilines is 1. The maximum atomic E-state index is 13.2. The molecule has 0 aliphatic carbocycles. The summed E-state index contributed by atoms with van der Waals surface area (Å²) >= 11 is 3.29. The van der Waals surface area contributed by atoms with E-state index in [2.05, 4.69) is 15.9 Å². The predicted octanol–water partition coefficient (Wildman–Crippen LogP) is 3.21. The lowest BCUT2D eigenvalue weighted by atomic mass is 10.1. The fraction of sp³-hybridized carbons (Fsp3) is 0.200. The molecule has 1 aromatic rings. The topological polar surface area (TPSA) is 26.0 Å². The van der Waals surface area contributed by atoms with Crippen molar-refractivity contribution < 1.29 is 4.39 Å².